The van der Waals surface area contributed by atoms with Crippen LogP contribution in [0.15, 0.2) is 42.5 Å². The Morgan fingerprint density at radius 3 is 2.30 bits per heavy atom. The van der Waals surface area contributed by atoms with Crippen LogP contribution < -0.4 is 10.1 Å². The lowest BCUT2D eigenvalue weighted by Gasteiger charge is -2.31. The van der Waals surface area contributed by atoms with E-state index in [-0.39, 0.29) is 24.0 Å². The maximum absolute atomic E-state index is 13.1. The predicted molar refractivity (Wildman–Crippen MR) is 120 cm³/mol. The SMILES string of the molecule is Cc1cccc(CN(C(=O)COc2ccc(C)cc2C)[C@@H](C)C(=O)NC(C)(C)C)c1. The summed E-state index contributed by atoms with van der Waals surface area (Å²) in [6, 6.07) is 13.2. The maximum atomic E-state index is 13.1. The zero-order valence-electron chi connectivity index (χ0n) is 19.2. The van der Waals surface area contributed by atoms with Crippen molar-refractivity contribution in [1.29, 1.82) is 0 Å². The number of rotatable bonds is 7. The minimum Gasteiger partial charge on any atom is -0.483 e. The number of nitrogens with zero attached hydrogens (tertiary/aromatic N) is 1. The molecule has 0 aliphatic carbocycles. The Morgan fingerprint density at radius 1 is 1.03 bits per heavy atom. The highest BCUT2D eigenvalue weighted by Gasteiger charge is 2.28. The van der Waals surface area contributed by atoms with Crippen molar-refractivity contribution in [2.45, 2.75) is 66.6 Å². The van der Waals surface area contributed by atoms with Gasteiger partial charge in [0.25, 0.3) is 5.91 Å². The fourth-order valence-electron chi connectivity index (χ4n) is 3.25. The molecular weight excluding hydrogens is 376 g/mol. The summed E-state index contributed by atoms with van der Waals surface area (Å²) in [4.78, 5) is 27.5. The van der Waals surface area contributed by atoms with Gasteiger partial charge in [0.1, 0.15) is 11.8 Å². The largest absolute Gasteiger partial charge is 0.483 e. The van der Waals surface area contributed by atoms with Crippen LogP contribution in [-0.2, 0) is 16.1 Å². The molecule has 0 aliphatic rings. The van der Waals surface area contributed by atoms with Crippen molar-refractivity contribution in [3.63, 3.8) is 0 Å². The van der Waals surface area contributed by atoms with Gasteiger partial charge in [-0.2, -0.15) is 0 Å². The highest BCUT2D eigenvalue weighted by Crippen LogP contribution is 2.19. The van der Waals surface area contributed by atoms with Gasteiger partial charge >= 0.3 is 0 Å². The van der Waals surface area contributed by atoms with Crippen LogP contribution in [0.2, 0.25) is 0 Å². The van der Waals surface area contributed by atoms with Crippen molar-refractivity contribution >= 4 is 11.8 Å². The number of carbonyl (C=O) groups is 2. The minimum atomic E-state index is -0.625. The first kappa shape index (κ1) is 23.5. The van der Waals surface area contributed by atoms with Gasteiger partial charge in [0.15, 0.2) is 6.61 Å². The Balaban J connectivity index is 2.20. The van der Waals surface area contributed by atoms with E-state index < -0.39 is 6.04 Å². The van der Waals surface area contributed by atoms with Crippen LogP contribution in [0, 0.1) is 20.8 Å². The van der Waals surface area contributed by atoms with E-state index in [2.05, 4.69) is 5.32 Å². The van der Waals surface area contributed by atoms with Crippen LogP contribution in [0.1, 0.15) is 49.9 Å². The first-order valence-electron chi connectivity index (χ1n) is 10.3. The van der Waals surface area contributed by atoms with E-state index in [9.17, 15) is 9.59 Å². The van der Waals surface area contributed by atoms with E-state index in [1.807, 2.05) is 84.0 Å². The zero-order valence-corrected chi connectivity index (χ0v) is 19.2. The highest BCUT2D eigenvalue weighted by atomic mass is 16.5. The molecule has 30 heavy (non-hydrogen) atoms. The number of aryl methyl sites for hydroxylation is 3. The molecule has 5 heteroatoms. The third-order valence-electron chi connectivity index (χ3n) is 4.78. The van der Waals surface area contributed by atoms with Crippen molar-refractivity contribution in [2.24, 2.45) is 0 Å². The van der Waals surface area contributed by atoms with Crippen LogP contribution in [0.4, 0.5) is 0 Å². The highest BCUT2D eigenvalue weighted by molar-refractivity contribution is 5.88. The van der Waals surface area contributed by atoms with Gasteiger partial charge in [-0.3, -0.25) is 9.59 Å². The summed E-state index contributed by atoms with van der Waals surface area (Å²) in [6.45, 7) is 13.7. The number of ether oxygens (including phenoxy) is 1. The maximum Gasteiger partial charge on any atom is 0.261 e. The van der Waals surface area contributed by atoms with Gasteiger partial charge in [0.05, 0.1) is 0 Å². The van der Waals surface area contributed by atoms with Crippen LogP contribution in [0.3, 0.4) is 0 Å². The normalized spacial score (nSPS) is 12.2. The molecule has 2 aromatic rings. The number of hydrogen-bond donors (Lipinski definition) is 1. The molecule has 0 spiro atoms. The second-order valence-electron chi connectivity index (χ2n) is 8.98. The lowest BCUT2D eigenvalue weighted by Crippen LogP contribution is -2.53. The average molecular weight is 411 g/mol. The van der Waals surface area contributed by atoms with Crippen molar-refractivity contribution < 1.29 is 14.3 Å². The molecule has 0 unspecified atom stereocenters. The quantitative estimate of drug-likeness (QED) is 0.739. The third-order valence-corrected chi connectivity index (χ3v) is 4.78. The Bertz CT molecular complexity index is 900. The average Bonchev–Trinajstić information content (AvgIpc) is 2.63. The molecule has 0 bridgehead atoms. The lowest BCUT2D eigenvalue weighted by atomic mass is 10.1. The van der Waals surface area contributed by atoms with E-state index in [0.717, 1.165) is 22.3 Å². The first-order valence-corrected chi connectivity index (χ1v) is 10.3. The first-order chi connectivity index (χ1) is 14.0. The van der Waals surface area contributed by atoms with Crippen LogP contribution in [-0.4, -0.2) is 34.9 Å². The molecule has 0 heterocycles. The zero-order chi connectivity index (χ0) is 22.5. The minimum absolute atomic E-state index is 0.122. The molecule has 5 nitrogen and oxygen atoms in total. The van der Waals surface area contributed by atoms with Gasteiger partial charge in [-0.1, -0.05) is 47.5 Å². The second-order valence-corrected chi connectivity index (χ2v) is 8.98. The number of hydrogen-bond acceptors (Lipinski definition) is 3. The molecule has 0 aliphatic heterocycles. The molecule has 0 aromatic heterocycles. The molecule has 162 valence electrons. The molecule has 0 radical (unpaired) electrons. The monoisotopic (exact) mass is 410 g/mol. The molecule has 0 fully saturated rings. The number of amides is 2. The Hall–Kier alpha value is -2.82. The van der Waals surface area contributed by atoms with Crippen molar-refractivity contribution in [3.05, 3.63) is 64.7 Å². The summed E-state index contributed by atoms with van der Waals surface area (Å²) >= 11 is 0. The Kier molecular flexibility index (Phi) is 7.65. The van der Waals surface area contributed by atoms with Gasteiger partial charge in [0.2, 0.25) is 5.91 Å². The Labute approximate surface area is 180 Å². The molecule has 2 aromatic carbocycles. The predicted octanol–water partition coefficient (Wildman–Crippen LogP) is 4.32. The summed E-state index contributed by atoms with van der Waals surface area (Å²) < 4.78 is 5.80. The fourth-order valence-corrected chi connectivity index (χ4v) is 3.25. The van der Waals surface area contributed by atoms with Crippen molar-refractivity contribution in [2.75, 3.05) is 6.61 Å². The van der Waals surface area contributed by atoms with Crippen LogP contribution >= 0.6 is 0 Å². The molecule has 2 amide bonds. The van der Waals surface area contributed by atoms with E-state index in [0.29, 0.717) is 12.3 Å². The van der Waals surface area contributed by atoms with Crippen molar-refractivity contribution in [3.8, 4) is 5.75 Å². The van der Waals surface area contributed by atoms with Gasteiger partial charge in [-0.05, 0) is 65.7 Å². The molecule has 2 rings (SSSR count). The summed E-state index contributed by atoms with van der Waals surface area (Å²) in [6.07, 6.45) is 0. The molecule has 1 atom stereocenters. The second kappa shape index (κ2) is 9.79. The summed E-state index contributed by atoms with van der Waals surface area (Å²) in [5.41, 5.74) is 3.83. The summed E-state index contributed by atoms with van der Waals surface area (Å²) in [5, 5.41) is 2.97. The van der Waals surface area contributed by atoms with Gasteiger partial charge in [-0.25, -0.2) is 0 Å². The summed E-state index contributed by atoms with van der Waals surface area (Å²) in [7, 11) is 0. The topological polar surface area (TPSA) is 58.6 Å². The number of benzene rings is 2. The number of nitrogens with one attached hydrogen (secondary N) is 1. The smallest absolute Gasteiger partial charge is 0.261 e. The van der Waals surface area contributed by atoms with Crippen LogP contribution in [0.5, 0.6) is 5.75 Å². The van der Waals surface area contributed by atoms with E-state index in [4.69, 9.17) is 4.74 Å². The van der Waals surface area contributed by atoms with E-state index in [1.165, 1.54) is 0 Å². The number of carbonyl (C=O) groups excluding carboxylic acids is 2. The Morgan fingerprint density at radius 2 is 1.70 bits per heavy atom. The van der Waals surface area contributed by atoms with Gasteiger partial charge in [-0.15, -0.1) is 0 Å². The standard InChI is InChI=1S/C25H34N2O3/c1-17-9-8-10-21(14-17)15-27(20(4)24(29)26-25(5,6)7)23(28)16-30-22-12-11-18(2)13-19(22)3/h8-14,20H,15-16H2,1-7H3,(H,26,29)/t20-/m0/s1. The fraction of sp³-hybridized carbons (Fsp3) is 0.440. The lowest BCUT2D eigenvalue weighted by molar-refractivity contribution is -0.142. The van der Waals surface area contributed by atoms with Crippen LogP contribution in [0.25, 0.3) is 0 Å². The third kappa shape index (κ3) is 6.90. The molecular formula is C25H34N2O3. The molecule has 0 saturated heterocycles. The van der Waals surface area contributed by atoms with Crippen molar-refractivity contribution in [1.82, 2.24) is 10.2 Å². The molecule has 1 N–H and O–H groups in total. The van der Waals surface area contributed by atoms with E-state index in [1.54, 1.807) is 11.8 Å². The molecule has 0 saturated carbocycles. The summed E-state index contributed by atoms with van der Waals surface area (Å²) in [5.74, 6) is 0.263. The van der Waals surface area contributed by atoms with E-state index >= 15 is 0 Å². The van der Waals surface area contributed by atoms with Gasteiger partial charge in [0, 0.05) is 12.1 Å². The van der Waals surface area contributed by atoms with Gasteiger partial charge < -0.3 is 15.0 Å².